The molecule has 0 spiro atoms. The van der Waals surface area contributed by atoms with Gasteiger partial charge < -0.3 is 10.2 Å². The Kier molecular flexibility index (Phi) is 496. The summed E-state index contributed by atoms with van der Waals surface area (Å²) in [5.41, 5.74) is 0. The van der Waals surface area contributed by atoms with E-state index in [1.54, 1.807) is 0 Å². The number of hydrogen-bond donors (Lipinski definition) is 2. The zero-order valence-electron chi connectivity index (χ0n) is 3.02. The number of aliphatic hydroxyl groups excluding tert-OH is 2. The van der Waals surface area contributed by atoms with Crippen LogP contribution in [0.3, 0.4) is 0 Å². The molecule has 0 saturated heterocycles. The normalized spacial score (nSPS) is 4.29. The average molecular weight is 361 g/mol. The van der Waals surface area contributed by atoms with Crippen LogP contribution in [0.25, 0.3) is 0 Å². The van der Waals surface area contributed by atoms with E-state index in [4.69, 9.17) is 10.2 Å². The summed E-state index contributed by atoms with van der Waals surface area (Å²) in [5.74, 6) is 0. The molecule has 0 aliphatic rings. The van der Waals surface area contributed by atoms with Crippen molar-refractivity contribution in [2.24, 2.45) is 0 Å². The van der Waals surface area contributed by atoms with E-state index >= 15 is 0 Å². The van der Waals surface area contributed by atoms with Gasteiger partial charge in [0.1, 0.15) is 0 Å². The van der Waals surface area contributed by atoms with Gasteiger partial charge in [0.2, 0.25) is 0 Å². The molecule has 0 radical (unpaired) electrons. The second-order valence-electron chi connectivity index (χ2n) is 0.447. The molecule has 7 heavy (non-hydrogen) atoms. The molecule has 0 aromatic carbocycles. The first kappa shape index (κ1) is 38.9. The molecule has 0 unspecified atom stereocenters. The quantitative estimate of drug-likeness (QED) is 0.703. The molecule has 2 N–H and O–H groups in total. The second-order valence-corrected chi connectivity index (χ2v) is 0.447. The van der Waals surface area contributed by atoms with Crippen molar-refractivity contribution in [1.29, 1.82) is 0 Å². The van der Waals surface area contributed by atoms with Gasteiger partial charge >= 0.3 is 0 Å². The van der Waals surface area contributed by atoms with E-state index in [9.17, 15) is 0 Å². The van der Waals surface area contributed by atoms with Crippen molar-refractivity contribution in [1.82, 2.24) is 0 Å². The molecule has 0 aliphatic heterocycles. The van der Waals surface area contributed by atoms with Gasteiger partial charge in [0.15, 0.2) is 0 Å². The van der Waals surface area contributed by atoms with Gasteiger partial charge in [-0.05, 0) is 0 Å². The molecule has 0 aliphatic carbocycles. The van der Waals surface area contributed by atoms with E-state index in [1.165, 1.54) is 0 Å². The topological polar surface area (TPSA) is 40.5 Å². The van der Waals surface area contributed by atoms with Crippen LogP contribution < -0.4 is 0 Å². The minimum atomic E-state index is -0.125. The predicted octanol–water partition coefficient (Wildman–Crippen LogP) is 0.243. The number of aliphatic hydroxyl groups is 2. The summed E-state index contributed by atoms with van der Waals surface area (Å²) in [6.45, 7) is -0.250. The van der Waals surface area contributed by atoms with Crippen LogP contribution >= 0.6 is 0 Å². The predicted molar refractivity (Wildman–Crippen MR) is 27.6 cm³/mol. The first-order valence-corrected chi connectivity index (χ1v) is 1.13. The van der Waals surface area contributed by atoms with Gasteiger partial charge in [-0.3, -0.25) is 0 Å². The van der Waals surface area contributed by atoms with Crippen molar-refractivity contribution in [3.05, 3.63) is 0 Å². The van der Waals surface area contributed by atoms with Gasteiger partial charge in [0.05, 0.1) is 13.2 Å². The maximum Gasteiger partial charge on any atom is 0.0662 e. The molecule has 0 amide bonds. The summed E-state index contributed by atoms with van der Waals surface area (Å²) >= 11 is 0. The molecule has 0 fully saturated rings. The van der Waals surface area contributed by atoms with Crippen LogP contribution in [-0.4, -0.2) is 23.4 Å². The Morgan fingerprint density at radius 3 is 1.00 bits per heavy atom. The van der Waals surface area contributed by atoms with Crippen LogP contribution in [0, 0.1) is 0 Å². The van der Waals surface area contributed by atoms with Crippen molar-refractivity contribution in [3.8, 4) is 0 Å². The van der Waals surface area contributed by atoms with Crippen molar-refractivity contribution >= 4 is 0 Å². The fourth-order valence-electron chi connectivity index (χ4n) is 0. The second kappa shape index (κ2) is 89.3. The van der Waals surface area contributed by atoms with Crippen LogP contribution in [0.15, 0.2) is 0 Å². The Hall–Kier alpha value is -1.08. The van der Waals surface area contributed by atoms with E-state index in [0.717, 1.165) is 0 Å². The Balaban J connectivity index is -0.0000000150. The Morgan fingerprint density at radius 1 is 0.857 bits per heavy atom. The Bertz CT molecular complexity index is 11.7. The van der Waals surface area contributed by atoms with Gasteiger partial charge in [-0.2, -0.15) is 0 Å². The summed E-state index contributed by atoms with van der Waals surface area (Å²) in [5, 5.41) is 15.2. The molecule has 2 nitrogen and oxygen atoms in total. The van der Waals surface area contributed by atoms with Crippen molar-refractivity contribution < 1.29 is 10.2 Å². The monoisotopic (exact) mass is 361 g/mol. The molecule has 44 valence electrons. The summed E-state index contributed by atoms with van der Waals surface area (Å²) in [4.78, 5) is 0. The third kappa shape index (κ3) is 6550. The Labute approximate surface area is 39.4 Å². The van der Waals surface area contributed by atoms with Crippen LogP contribution in [0.5, 0.6) is 0 Å². The zero-order chi connectivity index (χ0) is 3.41. The zero-order valence-corrected chi connectivity index (χ0v) is 9.41. The van der Waals surface area contributed by atoms with Gasteiger partial charge in [0, 0.05) is 0 Å². The maximum absolute atomic E-state index is 7.62. The fraction of sp³-hybridized carbons (Fsp3) is 1.00. The molecule has 0 heterocycles. The largest absolute Gasteiger partial charge is 0.394 e. The third-order valence-corrected chi connectivity index (χ3v) is 0.1000. The molecule has 0 aromatic heterocycles. The van der Waals surface area contributed by atoms with Gasteiger partial charge in [0.25, 0.3) is 0 Å². The molecule has 3 heteroatoms. The van der Waals surface area contributed by atoms with E-state index < -0.39 is 0 Å². The van der Waals surface area contributed by atoms with Crippen LogP contribution in [0.1, 0.15) is 14.9 Å². The molecule has 0 saturated carbocycles. The molecule has 0 atom stereocenters. The van der Waals surface area contributed by atoms with Crippen LogP contribution in [0.4, 0.5) is 0 Å². The molecule has 0 bridgehead atoms. The van der Waals surface area contributed by atoms with Crippen LogP contribution in [-0.2, 0) is 0 Å². The summed E-state index contributed by atoms with van der Waals surface area (Å²) < 4.78 is 0. The van der Waals surface area contributed by atoms with Gasteiger partial charge in [-0.25, -0.2) is 0 Å². The van der Waals surface area contributed by atoms with E-state index in [1.807, 2.05) is 0 Å². The number of rotatable bonds is 1. The van der Waals surface area contributed by atoms with Crippen LogP contribution in [0.2, 0.25) is 0 Å². The van der Waals surface area contributed by atoms with Crippen molar-refractivity contribution in [2.75, 3.05) is 13.2 Å². The minimum Gasteiger partial charge on any atom is -0.394 e. The summed E-state index contributed by atoms with van der Waals surface area (Å²) in [7, 11) is 0. The first-order chi connectivity index (χ1) is 1.91. The van der Waals surface area contributed by atoms with Crippen molar-refractivity contribution in [2.45, 2.75) is 14.9 Å². The van der Waals surface area contributed by atoms with E-state index in [-0.39, 0.29) is 28.1 Å². The van der Waals surface area contributed by atoms with Gasteiger partial charge in [-0.1, -0.05) is 14.9 Å². The maximum atomic E-state index is 7.62. The van der Waals surface area contributed by atoms with E-state index in [0.29, 0.717) is 0 Å². The molecular formula is C4H14O2Rf. The smallest absolute Gasteiger partial charge is 0.0662 e. The SMILES string of the molecule is C.C.OCCO.[Rf]. The van der Waals surface area contributed by atoms with Crippen molar-refractivity contribution in [3.63, 3.8) is 0 Å². The standard InChI is InChI=1S/C2H6O2.2CH4.Rf/c3-1-2-4;;;/h3-4H,1-2H2;2*1H4;. The first-order valence-electron chi connectivity index (χ1n) is 1.13. The fourth-order valence-corrected chi connectivity index (χ4v) is 0. The average Bonchev–Trinajstić information content (AvgIpc) is 1.37. The molecule has 0 aromatic rings. The van der Waals surface area contributed by atoms with Gasteiger partial charge in [-0.15, -0.1) is 0 Å². The minimum absolute atomic E-state index is 0. The molecule has 0 rings (SSSR count). The summed E-state index contributed by atoms with van der Waals surface area (Å²) in [6.07, 6.45) is 0. The molecular weight excluding hydrogens is 347 g/mol. The van der Waals surface area contributed by atoms with E-state index in [2.05, 4.69) is 0 Å². The summed E-state index contributed by atoms with van der Waals surface area (Å²) in [6, 6.07) is 0. The number of hydrogen-bond acceptors (Lipinski definition) is 2. The Morgan fingerprint density at radius 2 is 1.00 bits per heavy atom. The third-order valence-electron chi connectivity index (χ3n) is 0.1000.